The van der Waals surface area contributed by atoms with Gasteiger partial charge in [0.05, 0.1) is 4.92 Å². The Morgan fingerprint density at radius 3 is 2.34 bits per heavy atom. The number of anilines is 1. The highest BCUT2D eigenvalue weighted by Crippen LogP contribution is 2.15. The number of hydrogen-bond donors (Lipinski definition) is 2. The smallest absolute Gasteiger partial charge is 0.270 e. The van der Waals surface area contributed by atoms with E-state index in [-0.39, 0.29) is 23.7 Å². The lowest BCUT2D eigenvalue weighted by atomic mass is 10.1. The zero-order valence-electron chi connectivity index (χ0n) is 15.7. The third-order valence-corrected chi connectivity index (χ3v) is 4.27. The van der Waals surface area contributed by atoms with Crippen LogP contribution in [0.3, 0.4) is 0 Å². The van der Waals surface area contributed by atoms with E-state index in [0.29, 0.717) is 11.3 Å². The summed E-state index contributed by atoms with van der Waals surface area (Å²) < 4.78 is 0. The first kappa shape index (κ1) is 19.8. The topological polar surface area (TPSA) is 101 Å². The lowest BCUT2D eigenvalue weighted by molar-refractivity contribution is -0.384. The Kier molecular flexibility index (Phi) is 5.99. The van der Waals surface area contributed by atoms with Crippen molar-refractivity contribution < 1.29 is 14.5 Å². The number of aryl methyl sites for hydroxylation is 1. The van der Waals surface area contributed by atoms with Gasteiger partial charge in [-0.15, -0.1) is 0 Å². The van der Waals surface area contributed by atoms with Crippen LogP contribution >= 0.6 is 0 Å². The van der Waals surface area contributed by atoms with Gasteiger partial charge in [0.15, 0.2) is 0 Å². The predicted molar refractivity (Wildman–Crippen MR) is 110 cm³/mol. The van der Waals surface area contributed by atoms with Gasteiger partial charge < -0.3 is 10.6 Å². The molecule has 29 heavy (non-hydrogen) atoms. The molecule has 3 aromatic rings. The Labute approximate surface area is 167 Å². The number of rotatable bonds is 6. The average molecular weight is 389 g/mol. The van der Waals surface area contributed by atoms with Crippen molar-refractivity contribution >= 4 is 23.2 Å². The highest BCUT2D eigenvalue weighted by atomic mass is 16.6. The van der Waals surface area contributed by atoms with Crippen LogP contribution in [-0.4, -0.2) is 16.7 Å². The van der Waals surface area contributed by atoms with Gasteiger partial charge in [0, 0.05) is 35.5 Å². The maximum absolute atomic E-state index is 12.3. The Balaban J connectivity index is 1.63. The molecule has 0 spiro atoms. The second kappa shape index (κ2) is 8.79. The van der Waals surface area contributed by atoms with Crippen molar-refractivity contribution in [3.8, 4) is 0 Å². The van der Waals surface area contributed by atoms with Crippen molar-refractivity contribution in [3.05, 3.63) is 105 Å². The molecule has 2 amide bonds. The molecule has 0 radical (unpaired) electrons. The van der Waals surface area contributed by atoms with E-state index in [0.717, 1.165) is 11.1 Å². The number of amides is 2. The highest BCUT2D eigenvalue weighted by Gasteiger charge is 2.11. The number of carbonyl (C=O) groups excluding carboxylic acids is 2. The van der Waals surface area contributed by atoms with E-state index in [1.807, 2.05) is 25.1 Å². The summed E-state index contributed by atoms with van der Waals surface area (Å²) >= 11 is 0. The first-order valence-electron chi connectivity index (χ1n) is 8.92. The summed E-state index contributed by atoms with van der Waals surface area (Å²) in [5.74, 6) is -0.634. The molecule has 0 unspecified atom stereocenters. The summed E-state index contributed by atoms with van der Waals surface area (Å²) in [6.45, 7) is 2.17. The molecule has 0 bridgehead atoms. The van der Waals surface area contributed by atoms with Crippen LogP contribution in [0.15, 0.2) is 72.8 Å². The summed E-state index contributed by atoms with van der Waals surface area (Å²) in [4.78, 5) is 34.9. The number of nitro groups is 1. The third kappa shape index (κ3) is 5.26. The quantitative estimate of drug-likeness (QED) is 0.490. The van der Waals surface area contributed by atoms with Gasteiger partial charge in [-0.3, -0.25) is 19.7 Å². The Morgan fingerprint density at radius 1 is 0.897 bits per heavy atom. The summed E-state index contributed by atoms with van der Waals surface area (Å²) in [6.07, 6.45) is 0. The number of hydrogen-bond acceptors (Lipinski definition) is 4. The lowest BCUT2D eigenvalue weighted by Gasteiger charge is -2.09. The van der Waals surface area contributed by atoms with E-state index < -0.39 is 10.8 Å². The maximum atomic E-state index is 12.3. The summed E-state index contributed by atoms with van der Waals surface area (Å²) in [6, 6.07) is 19.9. The van der Waals surface area contributed by atoms with Crippen LogP contribution in [0.4, 0.5) is 11.4 Å². The number of benzene rings is 3. The van der Waals surface area contributed by atoms with Crippen molar-refractivity contribution in [1.82, 2.24) is 5.32 Å². The van der Waals surface area contributed by atoms with Crippen LogP contribution < -0.4 is 10.6 Å². The number of non-ortho nitro benzene ring substituents is 1. The van der Waals surface area contributed by atoms with Crippen LogP contribution in [0.2, 0.25) is 0 Å². The van der Waals surface area contributed by atoms with Gasteiger partial charge in [0.2, 0.25) is 0 Å². The summed E-state index contributed by atoms with van der Waals surface area (Å²) in [5.41, 5.74) is 3.09. The van der Waals surface area contributed by atoms with Crippen LogP contribution in [-0.2, 0) is 6.54 Å². The Morgan fingerprint density at radius 2 is 1.62 bits per heavy atom. The molecule has 0 saturated carbocycles. The molecule has 0 aliphatic carbocycles. The molecule has 0 atom stereocenters. The van der Waals surface area contributed by atoms with Gasteiger partial charge in [-0.2, -0.15) is 0 Å². The van der Waals surface area contributed by atoms with Gasteiger partial charge in [-0.05, 0) is 42.8 Å². The molecule has 0 aliphatic rings. The number of nitrogens with zero attached hydrogens (tertiary/aromatic N) is 1. The minimum absolute atomic E-state index is 0.140. The largest absolute Gasteiger partial charge is 0.348 e. The van der Waals surface area contributed by atoms with Gasteiger partial charge in [-0.1, -0.05) is 35.9 Å². The van der Waals surface area contributed by atoms with Crippen molar-refractivity contribution in [2.45, 2.75) is 13.5 Å². The van der Waals surface area contributed by atoms with Crippen molar-refractivity contribution in [2.24, 2.45) is 0 Å². The third-order valence-electron chi connectivity index (χ3n) is 4.27. The van der Waals surface area contributed by atoms with Crippen LogP contribution in [0, 0.1) is 17.0 Å². The SMILES string of the molecule is Cc1ccc(C(=O)Nc2cccc(CNC(=O)c3cccc([N+](=O)[O-])c3)c2)cc1. The van der Waals surface area contributed by atoms with E-state index in [1.165, 1.54) is 24.3 Å². The number of nitro benzene ring substituents is 1. The monoisotopic (exact) mass is 389 g/mol. The van der Waals surface area contributed by atoms with Gasteiger partial charge >= 0.3 is 0 Å². The zero-order valence-corrected chi connectivity index (χ0v) is 15.7. The predicted octanol–water partition coefficient (Wildman–Crippen LogP) is 4.09. The Hall–Kier alpha value is -4.00. The highest BCUT2D eigenvalue weighted by molar-refractivity contribution is 6.04. The fourth-order valence-electron chi connectivity index (χ4n) is 2.71. The number of nitrogens with one attached hydrogen (secondary N) is 2. The van der Waals surface area contributed by atoms with E-state index in [2.05, 4.69) is 10.6 Å². The summed E-state index contributed by atoms with van der Waals surface area (Å²) in [7, 11) is 0. The number of carbonyl (C=O) groups is 2. The second-order valence-corrected chi connectivity index (χ2v) is 6.51. The molecule has 0 aromatic heterocycles. The van der Waals surface area contributed by atoms with E-state index in [1.54, 1.807) is 30.3 Å². The summed E-state index contributed by atoms with van der Waals surface area (Å²) in [5, 5.41) is 16.4. The average Bonchev–Trinajstić information content (AvgIpc) is 2.73. The molecular formula is C22H19N3O4. The van der Waals surface area contributed by atoms with Crippen LogP contribution in [0.1, 0.15) is 31.8 Å². The first-order valence-corrected chi connectivity index (χ1v) is 8.92. The fraction of sp³-hybridized carbons (Fsp3) is 0.0909. The molecule has 146 valence electrons. The molecule has 7 heteroatoms. The lowest BCUT2D eigenvalue weighted by Crippen LogP contribution is -2.23. The minimum Gasteiger partial charge on any atom is -0.348 e. The molecule has 3 aromatic carbocycles. The van der Waals surface area contributed by atoms with Crippen molar-refractivity contribution in [2.75, 3.05) is 5.32 Å². The van der Waals surface area contributed by atoms with Crippen LogP contribution in [0.5, 0.6) is 0 Å². The van der Waals surface area contributed by atoms with Crippen molar-refractivity contribution in [3.63, 3.8) is 0 Å². The van der Waals surface area contributed by atoms with Gasteiger partial charge in [0.25, 0.3) is 17.5 Å². The van der Waals surface area contributed by atoms with Gasteiger partial charge in [-0.25, -0.2) is 0 Å². The molecule has 7 nitrogen and oxygen atoms in total. The van der Waals surface area contributed by atoms with Crippen LogP contribution in [0.25, 0.3) is 0 Å². The second-order valence-electron chi connectivity index (χ2n) is 6.51. The molecule has 0 saturated heterocycles. The molecule has 3 rings (SSSR count). The minimum atomic E-state index is -0.545. The van der Waals surface area contributed by atoms with Crippen molar-refractivity contribution in [1.29, 1.82) is 0 Å². The first-order chi connectivity index (χ1) is 13.9. The standard InChI is InChI=1S/C22H19N3O4/c1-15-8-10-17(11-9-15)22(27)24-19-6-2-4-16(12-19)14-23-21(26)18-5-3-7-20(13-18)25(28)29/h2-13H,14H2,1H3,(H,23,26)(H,24,27). The molecule has 0 fully saturated rings. The molecule has 0 heterocycles. The van der Waals surface area contributed by atoms with E-state index >= 15 is 0 Å². The molecule has 2 N–H and O–H groups in total. The van der Waals surface area contributed by atoms with E-state index in [4.69, 9.17) is 0 Å². The Bertz CT molecular complexity index is 1060. The zero-order chi connectivity index (χ0) is 20.8. The van der Waals surface area contributed by atoms with Gasteiger partial charge in [0.1, 0.15) is 0 Å². The normalized spacial score (nSPS) is 10.2. The maximum Gasteiger partial charge on any atom is 0.270 e. The van der Waals surface area contributed by atoms with E-state index in [9.17, 15) is 19.7 Å². The fourth-order valence-corrected chi connectivity index (χ4v) is 2.71. The molecular weight excluding hydrogens is 370 g/mol. The molecule has 0 aliphatic heterocycles.